The number of nitrogens with one attached hydrogen (secondary N) is 3. The molecule has 1 atom stereocenters. The van der Waals surface area contributed by atoms with Crippen LogP contribution in [0.3, 0.4) is 0 Å². The van der Waals surface area contributed by atoms with E-state index in [4.69, 9.17) is 4.98 Å². The SMILES string of the molecule is O=c1[nH]c2ccc(-c3c(F)cccc3F)cc2c(N[C@H]2CN3CCC2CC3)c1-c1nc2ccccc2[nH]1. The van der Waals surface area contributed by atoms with E-state index in [2.05, 4.69) is 20.2 Å². The number of H-pyrrole nitrogens is 2. The molecule has 186 valence electrons. The highest BCUT2D eigenvalue weighted by Crippen LogP contribution is 2.38. The minimum Gasteiger partial charge on any atom is -0.379 e. The molecule has 6 nitrogen and oxygen atoms in total. The van der Waals surface area contributed by atoms with Crippen molar-refractivity contribution in [3.05, 3.63) is 82.7 Å². The van der Waals surface area contributed by atoms with Gasteiger partial charge in [-0.05, 0) is 73.8 Å². The normalized spacial score (nSPS) is 21.1. The molecule has 0 radical (unpaired) electrons. The van der Waals surface area contributed by atoms with Crippen LogP contribution in [0.2, 0.25) is 0 Å². The van der Waals surface area contributed by atoms with Crippen molar-refractivity contribution in [1.82, 2.24) is 19.9 Å². The van der Waals surface area contributed by atoms with Gasteiger partial charge in [0.2, 0.25) is 0 Å². The number of halogens is 2. The summed E-state index contributed by atoms with van der Waals surface area (Å²) in [6.45, 7) is 3.07. The summed E-state index contributed by atoms with van der Waals surface area (Å²) in [7, 11) is 0. The summed E-state index contributed by atoms with van der Waals surface area (Å²) in [5, 5.41) is 4.39. The number of benzene rings is 3. The van der Waals surface area contributed by atoms with Crippen LogP contribution in [0.5, 0.6) is 0 Å². The molecule has 37 heavy (non-hydrogen) atoms. The second-order valence-corrected chi connectivity index (χ2v) is 10.1. The van der Waals surface area contributed by atoms with Crippen LogP contribution < -0.4 is 10.9 Å². The highest BCUT2D eigenvalue weighted by Gasteiger charge is 2.35. The fraction of sp³-hybridized carbons (Fsp3) is 0.241. The second kappa shape index (κ2) is 8.52. The third kappa shape index (κ3) is 3.71. The zero-order valence-electron chi connectivity index (χ0n) is 20.0. The van der Waals surface area contributed by atoms with Gasteiger partial charge in [-0.1, -0.05) is 24.3 Å². The highest BCUT2D eigenvalue weighted by molar-refractivity contribution is 6.01. The van der Waals surface area contributed by atoms with Gasteiger partial charge in [0.15, 0.2) is 0 Å². The number of hydrogen-bond donors (Lipinski definition) is 3. The first-order chi connectivity index (χ1) is 18.0. The van der Waals surface area contributed by atoms with Gasteiger partial charge in [0.1, 0.15) is 23.0 Å². The molecular formula is C29H25F2N5O. The van der Waals surface area contributed by atoms with E-state index < -0.39 is 11.6 Å². The van der Waals surface area contributed by atoms with Crippen LogP contribution in [0.15, 0.2) is 65.5 Å². The predicted molar refractivity (Wildman–Crippen MR) is 142 cm³/mol. The highest BCUT2D eigenvalue weighted by atomic mass is 19.1. The van der Waals surface area contributed by atoms with Crippen molar-refractivity contribution in [1.29, 1.82) is 0 Å². The molecular weight excluding hydrogens is 472 g/mol. The van der Waals surface area contributed by atoms with Crippen molar-refractivity contribution < 1.29 is 8.78 Å². The Kier molecular flexibility index (Phi) is 5.11. The third-order valence-electron chi connectivity index (χ3n) is 7.88. The van der Waals surface area contributed by atoms with E-state index in [1.165, 1.54) is 18.2 Å². The number of piperidine rings is 3. The fourth-order valence-electron chi connectivity index (χ4n) is 5.98. The lowest BCUT2D eigenvalue weighted by Crippen LogP contribution is -2.53. The smallest absolute Gasteiger partial charge is 0.261 e. The Labute approximate surface area is 211 Å². The lowest BCUT2D eigenvalue weighted by Gasteiger charge is -2.45. The van der Waals surface area contributed by atoms with E-state index in [1.54, 1.807) is 18.2 Å². The summed E-state index contributed by atoms with van der Waals surface area (Å²) in [5.41, 5.74) is 3.24. The standard InChI is InChI=1S/C29H25F2N5O/c30-19-4-3-5-20(31)25(19)17-8-9-21-18(14-17)27(32-24-15-36-12-10-16(24)11-13-36)26(29(37)35-21)28-33-22-6-1-2-7-23(22)34-28/h1-9,14,16,24H,10-13,15H2,(H,33,34)(H2,32,35,37)/t24-/m0/s1. The van der Waals surface area contributed by atoms with Crippen molar-refractivity contribution in [3.63, 3.8) is 0 Å². The number of para-hydroxylation sites is 2. The first-order valence-corrected chi connectivity index (χ1v) is 12.6. The van der Waals surface area contributed by atoms with Gasteiger partial charge < -0.3 is 20.2 Å². The zero-order chi connectivity index (χ0) is 25.1. The van der Waals surface area contributed by atoms with Gasteiger partial charge in [0.05, 0.1) is 27.8 Å². The Morgan fingerprint density at radius 1 is 0.892 bits per heavy atom. The molecule has 3 fully saturated rings. The van der Waals surface area contributed by atoms with E-state index in [0.29, 0.717) is 39.5 Å². The summed E-state index contributed by atoms with van der Waals surface area (Å²) in [5.74, 6) is -0.313. The van der Waals surface area contributed by atoms with Crippen LogP contribution in [-0.2, 0) is 0 Å². The van der Waals surface area contributed by atoms with E-state index in [0.717, 1.165) is 43.5 Å². The van der Waals surface area contributed by atoms with Crippen LogP contribution in [0.4, 0.5) is 14.5 Å². The summed E-state index contributed by atoms with van der Waals surface area (Å²) in [6, 6.07) is 16.7. The number of hydrogen-bond acceptors (Lipinski definition) is 4. The van der Waals surface area contributed by atoms with E-state index in [1.807, 2.05) is 24.3 Å². The minimum atomic E-state index is -0.631. The average molecular weight is 498 g/mol. The van der Waals surface area contributed by atoms with E-state index in [9.17, 15) is 13.6 Å². The maximum Gasteiger partial charge on any atom is 0.261 e. The molecule has 5 aromatic rings. The molecule has 3 N–H and O–H groups in total. The number of fused-ring (bicyclic) bond motifs is 5. The van der Waals surface area contributed by atoms with Gasteiger partial charge in [0, 0.05) is 18.0 Å². The summed E-state index contributed by atoms with van der Waals surface area (Å²) >= 11 is 0. The maximum atomic E-state index is 14.7. The minimum absolute atomic E-state index is 0.0883. The maximum absolute atomic E-state index is 14.7. The van der Waals surface area contributed by atoms with Crippen molar-refractivity contribution in [3.8, 4) is 22.5 Å². The van der Waals surface area contributed by atoms with Crippen molar-refractivity contribution in [2.75, 3.05) is 25.0 Å². The number of aromatic nitrogens is 3. The number of anilines is 1. The molecule has 0 unspecified atom stereocenters. The predicted octanol–water partition coefficient (Wildman–Crippen LogP) is 5.52. The van der Waals surface area contributed by atoms with Crippen LogP contribution in [0.25, 0.3) is 44.5 Å². The van der Waals surface area contributed by atoms with Crippen molar-refractivity contribution in [2.45, 2.75) is 18.9 Å². The van der Waals surface area contributed by atoms with Crippen molar-refractivity contribution >= 4 is 27.6 Å². The molecule has 8 rings (SSSR count). The summed E-state index contributed by atoms with van der Waals surface area (Å²) < 4.78 is 29.4. The lowest BCUT2D eigenvalue weighted by atomic mass is 9.83. The molecule has 0 spiro atoms. The topological polar surface area (TPSA) is 76.8 Å². The fourth-order valence-corrected chi connectivity index (χ4v) is 5.98. The van der Waals surface area contributed by atoms with Gasteiger partial charge in [-0.3, -0.25) is 4.79 Å². The molecule has 0 saturated carbocycles. The van der Waals surface area contributed by atoms with Crippen molar-refractivity contribution in [2.24, 2.45) is 5.92 Å². The van der Waals surface area contributed by atoms with Gasteiger partial charge in [-0.25, -0.2) is 13.8 Å². The lowest BCUT2D eigenvalue weighted by molar-refractivity contribution is 0.0976. The first kappa shape index (κ1) is 22.2. The molecule has 3 aromatic carbocycles. The van der Waals surface area contributed by atoms with Crippen LogP contribution in [0, 0.1) is 17.6 Å². The van der Waals surface area contributed by atoms with Gasteiger partial charge in [0.25, 0.3) is 5.56 Å². The molecule has 2 bridgehead atoms. The first-order valence-electron chi connectivity index (χ1n) is 12.6. The average Bonchev–Trinajstić information content (AvgIpc) is 3.33. The number of pyridine rings is 1. The summed E-state index contributed by atoms with van der Waals surface area (Å²) in [4.78, 5) is 26.9. The monoisotopic (exact) mass is 497 g/mol. The molecule has 8 heteroatoms. The van der Waals surface area contributed by atoms with Gasteiger partial charge in [-0.2, -0.15) is 0 Å². The second-order valence-electron chi connectivity index (χ2n) is 10.1. The zero-order valence-corrected chi connectivity index (χ0v) is 20.0. The van der Waals surface area contributed by atoms with E-state index in [-0.39, 0.29) is 17.2 Å². The largest absolute Gasteiger partial charge is 0.379 e. The molecule has 3 aliphatic rings. The Morgan fingerprint density at radius 3 is 2.41 bits per heavy atom. The molecule has 2 aromatic heterocycles. The van der Waals surface area contributed by atoms with Crippen LogP contribution in [0.1, 0.15) is 12.8 Å². The Bertz CT molecular complexity index is 1660. The Morgan fingerprint density at radius 2 is 1.68 bits per heavy atom. The third-order valence-corrected chi connectivity index (χ3v) is 7.88. The molecule has 3 saturated heterocycles. The number of rotatable bonds is 4. The van der Waals surface area contributed by atoms with Gasteiger partial charge >= 0.3 is 0 Å². The summed E-state index contributed by atoms with van der Waals surface area (Å²) in [6.07, 6.45) is 2.20. The number of aromatic amines is 2. The van der Waals surface area contributed by atoms with Crippen LogP contribution in [-0.4, -0.2) is 45.5 Å². The van der Waals surface area contributed by atoms with Crippen LogP contribution >= 0.6 is 0 Å². The molecule has 5 heterocycles. The van der Waals surface area contributed by atoms with E-state index >= 15 is 0 Å². The number of imidazole rings is 1. The Hall–Kier alpha value is -4.04. The quantitative estimate of drug-likeness (QED) is 0.306. The molecule has 0 amide bonds. The Balaban J connectivity index is 1.47. The number of nitrogens with zero attached hydrogens (tertiary/aromatic N) is 2. The molecule has 3 aliphatic heterocycles. The molecule has 0 aliphatic carbocycles. The van der Waals surface area contributed by atoms with Gasteiger partial charge in [-0.15, -0.1) is 0 Å².